The molecule has 0 saturated heterocycles. The third-order valence-electron chi connectivity index (χ3n) is 6.76. The third-order valence-corrected chi connectivity index (χ3v) is 6.76. The highest BCUT2D eigenvalue weighted by Crippen LogP contribution is 2.38. The third kappa shape index (κ3) is 6.16. The maximum Gasteiger partial charge on any atom is 0.126 e. The molecular weight excluding hydrogens is 440 g/mol. The first-order chi connectivity index (χ1) is 17.0. The zero-order valence-electron chi connectivity index (χ0n) is 20.7. The van der Waals surface area contributed by atoms with Crippen LogP contribution in [0.15, 0.2) is 60.7 Å². The van der Waals surface area contributed by atoms with Crippen molar-refractivity contribution in [2.75, 3.05) is 13.2 Å². The SMILES string of the molecule is CCC(CC)COc1ccc(-c2cccc(COc3ccc4c(c3)OCC4CC(=O)[O-])c2)c(C)c1. The van der Waals surface area contributed by atoms with Crippen LogP contribution in [0.5, 0.6) is 17.2 Å². The molecule has 184 valence electrons. The van der Waals surface area contributed by atoms with Crippen LogP contribution in [0.2, 0.25) is 0 Å². The normalized spacial score (nSPS) is 14.5. The quantitative estimate of drug-likeness (QED) is 0.359. The molecule has 0 N–H and O–H groups in total. The van der Waals surface area contributed by atoms with Gasteiger partial charge in [-0.15, -0.1) is 0 Å². The smallest absolute Gasteiger partial charge is 0.126 e. The maximum atomic E-state index is 10.9. The van der Waals surface area contributed by atoms with Gasteiger partial charge in [-0.05, 0) is 65.8 Å². The summed E-state index contributed by atoms with van der Waals surface area (Å²) in [4.78, 5) is 10.9. The Labute approximate surface area is 207 Å². The molecule has 1 aliphatic heterocycles. The number of hydrogen-bond acceptors (Lipinski definition) is 5. The van der Waals surface area contributed by atoms with Gasteiger partial charge in [-0.3, -0.25) is 0 Å². The molecule has 0 aromatic heterocycles. The molecule has 0 saturated carbocycles. The fourth-order valence-corrected chi connectivity index (χ4v) is 4.50. The zero-order chi connectivity index (χ0) is 24.8. The van der Waals surface area contributed by atoms with E-state index in [0.717, 1.165) is 41.9 Å². The summed E-state index contributed by atoms with van der Waals surface area (Å²) in [6, 6.07) is 20.2. The van der Waals surface area contributed by atoms with Crippen molar-refractivity contribution in [1.82, 2.24) is 0 Å². The molecule has 1 atom stereocenters. The molecule has 1 aliphatic rings. The molecule has 3 aromatic carbocycles. The number of benzene rings is 3. The first-order valence-corrected chi connectivity index (χ1v) is 12.4. The van der Waals surface area contributed by atoms with E-state index in [1.807, 2.05) is 36.4 Å². The van der Waals surface area contributed by atoms with Crippen molar-refractivity contribution < 1.29 is 24.1 Å². The van der Waals surface area contributed by atoms with Gasteiger partial charge in [0.1, 0.15) is 23.9 Å². The molecule has 5 nitrogen and oxygen atoms in total. The summed E-state index contributed by atoms with van der Waals surface area (Å²) in [6.07, 6.45) is 2.22. The van der Waals surface area contributed by atoms with Crippen LogP contribution in [0, 0.1) is 12.8 Å². The Morgan fingerprint density at radius 1 is 1.03 bits per heavy atom. The maximum absolute atomic E-state index is 10.9. The fourth-order valence-electron chi connectivity index (χ4n) is 4.50. The van der Waals surface area contributed by atoms with Crippen LogP contribution in [0.25, 0.3) is 11.1 Å². The Bertz CT molecular complexity index is 1170. The molecule has 35 heavy (non-hydrogen) atoms. The topological polar surface area (TPSA) is 67.8 Å². The summed E-state index contributed by atoms with van der Waals surface area (Å²) in [6.45, 7) is 8.05. The predicted molar refractivity (Wildman–Crippen MR) is 135 cm³/mol. The van der Waals surface area contributed by atoms with E-state index >= 15 is 0 Å². The van der Waals surface area contributed by atoms with Gasteiger partial charge in [-0.1, -0.05) is 57.0 Å². The molecular formula is C30H33O5-. The Morgan fingerprint density at radius 2 is 1.80 bits per heavy atom. The van der Waals surface area contributed by atoms with Gasteiger partial charge < -0.3 is 24.1 Å². The zero-order valence-corrected chi connectivity index (χ0v) is 20.7. The van der Waals surface area contributed by atoms with Crippen LogP contribution >= 0.6 is 0 Å². The lowest BCUT2D eigenvalue weighted by molar-refractivity contribution is -0.306. The van der Waals surface area contributed by atoms with Crippen molar-refractivity contribution in [3.8, 4) is 28.4 Å². The van der Waals surface area contributed by atoms with E-state index in [9.17, 15) is 9.90 Å². The summed E-state index contributed by atoms with van der Waals surface area (Å²) in [7, 11) is 0. The van der Waals surface area contributed by atoms with Gasteiger partial charge in [0, 0.05) is 23.5 Å². The van der Waals surface area contributed by atoms with Crippen molar-refractivity contribution in [1.29, 1.82) is 0 Å². The molecule has 0 radical (unpaired) electrons. The second-order valence-electron chi connectivity index (χ2n) is 9.24. The molecule has 0 spiro atoms. The number of carbonyl (C=O) groups is 1. The van der Waals surface area contributed by atoms with E-state index in [1.165, 1.54) is 11.1 Å². The van der Waals surface area contributed by atoms with Crippen molar-refractivity contribution in [3.63, 3.8) is 0 Å². The van der Waals surface area contributed by atoms with Crippen LogP contribution in [0.4, 0.5) is 0 Å². The lowest BCUT2D eigenvalue weighted by Gasteiger charge is -2.15. The monoisotopic (exact) mass is 473 g/mol. The van der Waals surface area contributed by atoms with Crippen LogP contribution in [-0.4, -0.2) is 19.2 Å². The second-order valence-corrected chi connectivity index (χ2v) is 9.24. The lowest BCUT2D eigenvalue weighted by atomic mass is 9.98. The average Bonchev–Trinajstić information content (AvgIpc) is 3.25. The number of carboxylic acid groups (broad SMARTS) is 1. The molecule has 4 rings (SSSR count). The highest BCUT2D eigenvalue weighted by Gasteiger charge is 2.24. The van der Waals surface area contributed by atoms with Crippen LogP contribution in [-0.2, 0) is 11.4 Å². The van der Waals surface area contributed by atoms with Crippen LogP contribution in [0.1, 0.15) is 55.7 Å². The minimum absolute atomic E-state index is 0.0372. The summed E-state index contributed by atoms with van der Waals surface area (Å²) in [5.74, 6) is 1.65. The van der Waals surface area contributed by atoms with Gasteiger partial charge in [0.05, 0.1) is 13.2 Å². The van der Waals surface area contributed by atoms with Crippen molar-refractivity contribution >= 4 is 5.97 Å². The number of ether oxygens (including phenoxy) is 3. The van der Waals surface area contributed by atoms with E-state index in [2.05, 4.69) is 45.0 Å². The summed E-state index contributed by atoms with van der Waals surface area (Å²) < 4.78 is 17.7. The summed E-state index contributed by atoms with van der Waals surface area (Å²) in [5, 5.41) is 10.9. The molecule has 0 fully saturated rings. The first-order valence-electron chi connectivity index (χ1n) is 12.4. The van der Waals surface area contributed by atoms with Gasteiger partial charge in [0.2, 0.25) is 0 Å². The fraction of sp³-hybridized carbons (Fsp3) is 0.367. The summed E-state index contributed by atoms with van der Waals surface area (Å²) in [5.41, 5.74) is 5.44. The summed E-state index contributed by atoms with van der Waals surface area (Å²) >= 11 is 0. The molecule has 1 unspecified atom stereocenters. The molecule has 0 amide bonds. The van der Waals surface area contributed by atoms with Crippen molar-refractivity contribution in [2.24, 2.45) is 5.92 Å². The van der Waals surface area contributed by atoms with Gasteiger partial charge in [0.15, 0.2) is 0 Å². The second kappa shape index (κ2) is 11.3. The number of aryl methyl sites for hydroxylation is 1. The number of carbonyl (C=O) groups excluding carboxylic acids is 1. The van der Waals surface area contributed by atoms with E-state index in [4.69, 9.17) is 14.2 Å². The molecule has 0 aliphatic carbocycles. The molecule has 5 heteroatoms. The van der Waals surface area contributed by atoms with Gasteiger partial charge in [0.25, 0.3) is 0 Å². The van der Waals surface area contributed by atoms with Crippen molar-refractivity contribution in [2.45, 2.75) is 52.6 Å². The number of rotatable bonds is 11. The number of aliphatic carboxylic acids is 1. The Hall–Kier alpha value is -3.47. The van der Waals surface area contributed by atoms with Crippen LogP contribution in [0.3, 0.4) is 0 Å². The van der Waals surface area contributed by atoms with Crippen molar-refractivity contribution in [3.05, 3.63) is 77.4 Å². The van der Waals surface area contributed by atoms with Gasteiger partial charge in [-0.25, -0.2) is 0 Å². The van der Waals surface area contributed by atoms with E-state index < -0.39 is 5.97 Å². The molecule has 0 bridgehead atoms. The predicted octanol–water partition coefficient (Wildman–Crippen LogP) is 5.67. The molecule has 3 aromatic rings. The highest BCUT2D eigenvalue weighted by molar-refractivity contribution is 5.69. The highest BCUT2D eigenvalue weighted by atomic mass is 16.5. The Kier molecular flexibility index (Phi) is 7.96. The van der Waals surface area contributed by atoms with Crippen LogP contribution < -0.4 is 19.3 Å². The largest absolute Gasteiger partial charge is 0.550 e. The first kappa shape index (κ1) is 24.6. The van der Waals surface area contributed by atoms with E-state index in [0.29, 0.717) is 30.6 Å². The number of carboxylic acids is 1. The lowest BCUT2D eigenvalue weighted by Crippen LogP contribution is -2.24. The minimum Gasteiger partial charge on any atom is -0.550 e. The Balaban J connectivity index is 1.40. The standard InChI is InChI=1S/C30H34O5/c1-4-21(5-2)17-33-25-9-11-27(20(3)13-25)23-8-6-7-22(14-23)18-34-26-10-12-28-24(15-30(31)32)19-35-29(28)16-26/h6-14,16,21,24H,4-5,15,17-19H2,1-3H3,(H,31,32)/p-1. The van der Waals surface area contributed by atoms with Gasteiger partial charge in [-0.2, -0.15) is 0 Å². The number of hydrogen-bond donors (Lipinski definition) is 0. The average molecular weight is 474 g/mol. The van der Waals surface area contributed by atoms with E-state index in [1.54, 1.807) is 0 Å². The Morgan fingerprint density at radius 3 is 2.54 bits per heavy atom. The van der Waals surface area contributed by atoms with Gasteiger partial charge >= 0.3 is 0 Å². The molecule has 1 heterocycles. The number of fused-ring (bicyclic) bond motifs is 1. The minimum atomic E-state index is -1.06. The van der Waals surface area contributed by atoms with E-state index in [-0.39, 0.29) is 12.3 Å².